The van der Waals surface area contributed by atoms with E-state index in [1.54, 1.807) is 0 Å². The fourth-order valence-corrected chi connectivity index (χ4v) is 11.1. The number of hydrogen-bond acceptors (Lipinski definition) is 5. The van der Waals surface area contributed by atoms with Crippen molar-refractivity contribution >= 4 is 11.9 Å². The van der Waals surface area contributed by atoms with E-state index in [-0.39, 0.29) is 18.5 Å². The second-order valence-electron chi connectivity index (χ2n) is 24.2. The molecule has 1 amide bonds. The lowest BCUT2D eigenvalue weighted by Gasteiger charge is -2.22. The first kappa shape index (κ1) is 75.3. The van der Waals surface area contributed by atoms with Gasteiger partial charge in [0.25, 0.3) is 0 Å². The van der Waals surface area contributed by atoms with Crippen molar-refractivity contribution in [3.05, 3.63) is 24.3 Å². The fraction of sp³-hybridized carbons (Fsp3) is 0.915. The van der Waals surface area contributed by atoms with Crippen LogP contribution in [0.25, 0.3) is 0 Å². The van der Waals surface area contributed by atoms with E-state index in [9.17, 15) is 19.8 Å². The van der Waals surface area contributed by atoms with Crippen LogP contribution in [0.4, 0.5) is 0 Å². The van der Waals surface area contributed by atoms with Gasteiger partial charge >= 0.3 is 5.97 Å². The van der Waals surface area contributed by atoms with Crippen LogP contribution in [0, 0.1) is 0 Å². The highest BCUT2D eigenvalue weighted by molar-refractivity contribution is 5.76. The van der Waals surface area contributed by atoms with Crippen LogP contribution in [0.1, 0.15) is 393 Å². The Morgan fingerprint density at radius 2 is 0.610 bits per heavy atom. The van der Waals surface area contributed by atoms with Crippen molar-refractivity contribution in [3.63, 3.8) is 0 Å². The van der Waals surface area contributed by atoms with E-state index in [1.165, 1.54) is 315 Å². The van der Waals surface area contributed by atoms with Gasteiger partial charge in [0.1, 0.15) is 0 Å². The standard InChI is InChI=1S/C71H137NO5/c1-3-5-7-9-11-13-15-17-18-34-37-40-43-47-51-55-59-63-69(74)68(67-73)72-70(75)64-60-56-52-48-44-41-38-35-32-30-28-26-24-22-20-19-21-23-25-27-29-31-33-36-39-42-46-50-54-58-62-66-77-71(76)65-61-57-53-49-45-16-14-12-10-8-6-4-2/h12,14,21,23,68-69,73-74H,3-11,13,15-20,22,24-67H2,1-2H3,(H,72,75)/b14-12-,23-21-. The number of ether oxygens (including phenoxy) is 1. The Labute approximate surface area is 481 Å². The van der Waals surface area contributed by atoms with Gasteiger partial charge in [-0.1, -0.05) is 327 Å². The Kier molecular flexibility index (Phi) is 65.4. The number of aliphatic hydroxyl groups is 2. The highest BCUT2D eigenvalue weighted by atomic mass is 16.5. The molecule has 3 N–H and O–H groups in total. The van der Waals surface area contributed by atoms with E-state index < -0.39 is 12.1 Å². The maximum absolute atomic E-state index is 12.5. The van der Waals surface area contributed by atoms with Gasteiger partial charge < -0.3 is 20.3 Å². The number of allylic oxidation sites excluding steroid dienone is 4. The number of amides is 1. The molecule has 0 rings (SSSR count). The van der Waals surface area contributed by atoms with Gasteiger partial charge in [-0.05, 0) is 77.0 Å². The molecule has 0 bridgehead atoms. The Hall–Kier alpha value is -1.66. The van der Waals surface area contributed by atoms with Crippen molar-refractivity contribution in [2.45, 2.75) is 405 Å². The molecule has 0 aromatic carbocycles. The van der Waals surface area contributed by atoms with E-state index >= 15 is 0 Å². The Bertz CT molecular complexity index is 1200. The van der Waals surface area contributed by atoms with Gasteiger partial charge in [-0.2, -0.15) is 0 Å². The Balaban J connectivity index is 3.36. The van der Waals surface area contributed by atoms with E-state index in [4.69, 9.17) is 4.74 Å². The molecule has 6 heteroatoms. The third-order valence-electron chi connectivity index (χ3n) is 16.5. The minimum atomic E-state index is -0.663. The van der Waals surface area contributed by atoms with Crippen molar-refractivity contribution in [2.75, 3.05) is 13.2 Å². The summed E-state index contributed by atoms with van der Waals surface area (Å²) >= 11 is 0. The SMILES string of the molecule is CCCCC/C=C\CCCCCCCC(=O)OCCCCCCCCCCCCCC/C=C\CCCCCCCCCCCCCCCCCC(=O)NC(CO)C(O)CCCCCCCCCCCCCCCCCCC. The zero-order valence-electron chi connectivity index (χ0n) is 52.2. The molecule has 0 aliphatic rings. The smallest absolute Gasteiger partial charge is 0.305 e. The number of esters is 1. The Morgan fingerprint density at radius 1 is 0.351 bits per heavy atom. The predicted molar refractivity (Wildman–Crippen MR) is 338 cm³/mol. The van der Waals surface area contributed by atoms with E-state index in [1.807, 2.05) is 0 Å². The Morgan fingerprint density at radius 3 is 0.948 bits per heavy atom. The fourth-order valence-electron chi connectivity index (χ4n) is 11.1. The zero-order valence-corrected chi connectivity index (χ0v) is 52.2. The van der Waals surface area contributed by atoms with Crippen molar-refractivity contribution in [1.82, 2.24) is 5.32 Å². The molecule has 0 fully saturated rings. The van der Waals surface area contributed by atoms with Gasteiger partial charge in [-0.3, -0.25) is 9.59 Å². The quantitative estimate of drug-likeness (QED) is 0.0320. The lowest BCUT2D eigenvalue weighted by molar-refractivity contribution is -0.143. The molecule has 0 radical (unpaired) electrons. The number of unbranched alkanes of at least 4 members (excludes halogenated alkanes) is 51. The lowest BCUT2D eigenvalue weighted by Crippen LogP contribution is -2.45. The van der Waals surface area contributed by atoms with Gasteiger partial charge in [-0.25, -0.2) is 0 Å². The molecule has 2 atom stereocenters. The number of hydrogen-bond donors (Lipinski definition) is 3. The van der Waals surface area contributed by atoms with Crippen molar-refractivity contribution in [3.8, 4) is 0 Å². The highest BCUT2D eigenvalue weighted by Gasteiger charge is 2.20. The van der Waals surface area contributed by atoms with Gasteiger partial charge in [0.15, 0.2) is 0 Å². The molecule has 6 nitrogen and oxygen atoms in total. The molecule has 2 unspecified atom stereocenters. The number of aliphatic hydroxyl groups excluding tert-OH is 2. The van der Waals surface area contributed by atoms with Gasteiger partial charge in [0, 0.05) is 12.8 Å². The normalized spacial score (nSPS) is 12.6. The van der Waals surface area contributed by atoms with Crippen molar-refractivity contribution in [2.24, 2.45) is 0 Å². The molecule has 456 valence electrons. The summed E-state index contributed by atoms with van der Waals surface area (Å²) in [6.45, 7) is 4.96. The second kappa shape index (κ2) is 66.8. The van der Waals surface area contributed by atoms with Crippen LogP contribution in [0.3, 0.4) is 0 Å². The molecule has 0 saturated heterocycles. The summed E-state index contributed by atoms with van der Waals surface area (Å²) in [5.74, 6) is -0.0213. The first-order chi connectivity index (χ1) is 38.0. The van der Waals surface area contributed by atoms with Crippen LogP contribution in [0.15, 0.2) is 24.3 Å². The summed E-state index contributed by atoms with van der Waals surface area (Å²) in [4.78, 5) is 24.5. The summed E-state index contributed by atoms with van der Waals surface area (Å²) in [7, 11) is 0. The van der Waals surface area contributed by atoms with E-state index in [0.717, 1.165) is 44.9 Å². The second-order valence-corrected chi connectivity index (χ2v) is 24.2. The maximum Gasteiger partial charge on any atom is 0.305 e. The van der Waals surface area contributed by atoms with Gasteiger partial charge in [-0.15, -0.1) is 0 Å². The minimum absolute atomic E-state index is 0.00806. The largest absolute Gasteiger partial charge is 0.466 e. The van der Waals surface area contributed by atoms with Crippen LogP contribution in [-0.4, -0.2) is 47.4 Å². The average molecular weight is 1080 g/mol. The molecule has 0 aromatic rings. The van der Waals surface area contributed by atoms with Crippen LogP contribution >= 0.6 is 0 Å². The number of carbonyl (C=O) groups excluding carboxylic acids is 2. The first-order valence-corrected chi connectivity index (χ1v) is 35.1. The molecule has 0 aromatic heterocycles. The average Bonchev–Trinajstić information content (AvgIpc) is 3.43. The molecular weight excluding hydrogens is 947 g/mol. The van der Waals surface area contributed by atoms with Crippen LogP contribution in [-0.2, 0) is 14.3 Å². The lowest BCUT2D eigenvalue weighted by atomic mass is 10.0. The molecular formula is C71H137NO5. The minimum Gasteiger partial charge on any atom is -0.466 e. The monoisotopic (exact) mass is 1080 g/mol. The molecule has 0 heterocycles. The zero-order chi connectivity index (χ0) is 55.7. The van der Waals surface area contributed by atoms with Gasteiger partial charge in [0.05, 0.1) is 25.4 Å². The molecule has 0 aliphatic carbocycles. The van der Waals surface area contributed by atoms with Gasteiger partial charge in [0.2, 0.25) is 5.91 Å². The molecule has 77 heavy (non-hydrogen) atoms. The van der Waals surface area contributed by atoms with Crippen LogP contribution < -0.4 is 5.32 Å². The highest BCUT2D eigenvalue weighted by Crippen LogP contribution is 2.19. The van der Waals surface area contributed by atoms with Crippen molar-refractivity contribution < 1.29 is 24.5 Å². The summed E-state index contributed by atoms with van der Waals surface area (Å²) in [6.07, 6.45) is 83.7. The number of carbonyl (C=O) groups is 2. The van der Waals surface area contributed by atoms with E-state index in [0.29, 0.717) is 25.9 Å². The first-order valence-electron chi connectivity index (χ1n) is 35.1. The predicted octanol–water partition coefficient (Wildman–Crippen LogP) is 22.5. The van der Waals surface area contributed by atoms with Crippen LogP contribution in [0.5, 0.6) is 0 Å². The third-order valence-corrected chi connectivity index (χ3v) is 16.5. The van der Waals surface area contributed by atoms with Crippen LogP contribution in [0.2, 0.25) is 0 Å². The summed E-state index contributed by atoms with van der Waals surface area (Å²) in [5.41, 5.74) is 0. The van der Waals surface area contributed by atoms with E-state index in [2.05, 4.69) is 43.5 Å². The summed E-state index contributed by atoms with van der Waals surface area (Å²) < 4.78 is 5.47. The molecule has 0 spiro atoms. The number of nitrogens with one attached hydrogen (secondary N) is 1. The summed E-state index contributed by atoms with van der Waals surface area (Å²) in [5, 5.41) is 23.4. The number of rotatable bonds is 66. The third kappa shape index (κ3) is 63.4. The molecule has 0 aliphatic heterocycles. The topological polar surface area (TPSA) is 95.9 Å². The van der Waals surface area contributed by atoms with Crippen molar-refractivity contribution in [1.29, 1.82) is 0 Å². The molecule has 0 saturated carbocycles. The maximum atomic E-state index is 12.5. The summed E-state index contributed by atoms with van der Waals surface area (Å²) in [6, 6.07) is -0.540.